The van der Waals surface area contributed by atoms with Crippen molar-refractivity contribution in [2.24, 2.45) is 0 Å². The zero-order valence-electron chi connectivity index (χ0n) is 11.6. The molecule has 0 saturated heterocycles. The lowest BCUT2D eigenvalue weighted by molar-refractivity contribution is 0.0988. The standard InChI is InChI=1S/C15H13N3O3/c1-8-9(2)14(19)18-12-7-10(3-4-11(8)12)17-15(20)13-5-6-16-21-13/h3-7H,1-2H3,(H,17,20)(H,18,19). The minimum absolute atomic E-state index is 0.126. The Hall–Kier alpha value is -2.89. The number of benzene rings is 1. The zero-order valence-corrected chi connectivity index (χ0v) is 11.6. The van der Waals surface area contributed by atoms with Crippen LogP contribution in [0.15, 0.2) is 39.8 Å². The van der Waals surface area contributed by atoms with Crippen LogP contribution < -0.4 is 10.9 Å². The Kier molecular flexibility index (Phi) is 3.06. The summed E-state index contributed by atoms with van der Waals surface area (Å²) in [6.45, 7) is 3.69. The SMILES string of the molecule is Cc1c(C)c2ccc(NC(=O)c3ccno3)cc2[nH]c1=O. The van der Waals surface area contributed by atoms with Crippen LogP contribution in [0.4, 0.5) is 5.69 Å². The van der Waals surface area contributed by atoms with Gasteiger partial charge in [-0.2, -0.15) is 0 Å². The van der Waals surface area contributed by atoms with Gasteiger partial charge in [0.15, 0.2) is 0 Å². The Morgan fingerprint density at radius 3 is 2.76 bits per heavy atom. The highest BCUT2D eigenvalue weighted by Crippen LogP contribution is 2.21. The van der Waals surface area contributed by atoms with Crippen molar-refractivity contribution in [3.8, 4) is 0 Å². The average Bonchev–Trinajstić information content (AvgIpc) is 2.99. The summed E-state index contributed by atoms with van der Waals surface area (Å²) in [4.78, 5) is 26.5. The maximum absolute atomic E-state index is 11.9. The fraction of sp³-hybridized carbons (Fsp3) is 0.133. The summed E-state index contributed by atoms with van der Waals surface area (Å²) in [6, 6.07) is 6.84. The number of fused-ring (bicyclic) bond motifs is 1. The highest BCUT2D eigenvalue weighted by Gasteiger charge is 2.11. The van der Waals surface area contributed by atoms with Crippen molar-refractivity contribution in [1.82, 2.24) is 10.1 Å². The molecule has 3 aromatic rings. The van der Waals surface area contributed by atoms with Crippen LogP contribution in [-0.2, 0) is 0 Å². The highest BCUT2D eigenvalue weighted by molar-refractivity contribution is 6.03. The topological polar surface area (TPSA) is 88.0 Å². The van der Waals surface area contributed by atoms with E-state index in [1.165, 1.54) is 12.3 Å². The largest absolute Gasteiger partial charge is 0.351 e. The Morgan fingerprint density at radius 2 is 2.05 bits per heavy atom. The summed E-state index contributed by atoms with van der Waals surface area (Å²) >= 11 is 0. The van der Waals surface area contributed by atoms with Gasteiger partial charge in [-0.15, -0.1) is 0 Å². The van der Waals surface area contributed by atoms with Crippen LogP contribution in [0, 0.1) is 13.8 Å². The normalized spacial score (nSPS) is 10.8. The fourth-order valence-electron chi connectivity index (χ4n) is 2.17. The van der Waals surface area contributed by atoms with Gasteiger partial charge in [-0.3, -0.25) is 9.59 Å². The number of aryl methyl sites for hydroxylation is 1. The van der Waals surface area contributed by atoms with Gasteiger partial charge >= 0.3 is 0 Å². The third kappa shape index (κ3) is 2.31. The first-order valence-electron chi connectivity index (χ1n) is 6.41. The molecule has 0 spiro atoms. The van der Waals surface area contributed by atoms with Gasteiger partial charge in [-0.05, 0) is 31.5 Å². The molecule has 1 aromatic carbocycles. The molecule has 106 valence electrons. The van der Waals surface area contributed by atoms with E-state index >= 15 is 0 Å². The Bertz CT molecular complexity index is 879. The van der Waals surface area contributed by atoms with Gasteiger partial charge in [0.2, 0.25) is 5.76 Å². The average molecular weight is 283 g/mol. The predicted octanol–water partition coefficient (Wildman–Crippen LogP) is 2.39. The molecule has 0 atom stereocenters. The van der Waals surface area contributed by atoms with E-state index in [4.69, 9.17) is 4.52 Å². The van der Waals surface area contributed by atoms with Crippen LogP contribution in [-0.4, -0.2) is 16.0 Å². The molecule has 3 rings (SSSR count). The molecule has 21 heavy (non-hydrogen) atoms. The number of aromatic amines is 1. The van der Waals surface area contributed by atoms with Crippen molar-refractivity contribution in [1.29, 1.82) is 0 Å². The summed E-state index contributed by atoms with van der Waals surface area (Å²) in [5.74, 6) is -0.262. The molecule has 2 N–H and O–H groups in total. The molecule has 0 bridgehead atoms. The number of carbonyl (C=O) groups excluding carboxylic acids is 1. The predicted molar refractivity (Wildman–Crippen MR) is 78.5 cm³/mol. The number of anilines is 1. The summed E-state index contributed by atoms with van der Waals surface area (Å²) < 4.78 is 4.79. The van der Waals surface area contributed by atoms with Gasteiger partial charge in [-0.1, -0.05) is 11.2 Å². The van der Waals surface area contributed by atoms with Gasteiger partial charge in [0.05, 0.1) is 11.7 Å². The molecule has 1 amide bonds. The molecule has 0 fully saturated rings. The third-order valence-corrected chi connectivity index (χ3v) is 3.49. The van der Waals surface area contributed by atoms with E-state index in [2.05, 4.69) is 15.5 Å². The molecule has 0 unspecified atom stereocenters. The first-order valence-corrected chi connectivity index (χ1v) is 6.41. The molecule has 6 heteroatoms. The molecule has 2 heterocycles. The first-order chi connectivity index (χ1) is 10.1. The smallest absolute Gasteiger partial charge is 0.294 e. The van der Waals surface area contributed by atoms with Crippen molar-refractivity contribution in [2.75, 3.05) is 5.32 Å². The number of hydrogen-bond acceptors (Lipinski definition) is 4. The lowest BCUT2D eigenvalue weighted by Gasteiger charge is -2.08. The van der Waals surface area contributed by atoms with Crippen LogP contribution in [0.1, 0.15) is 21.7 Å². The van der Waals surface area contributed by atoms with Crippen LogP contribution in [0.2, 0.25) is 0 Å². The second kappa shape index (κ2) is 4.90. The van der Waals surface area contributed by atoms with E-state index in [0.29, 0.717) is 16.8 Å². The molecular weight excluding hydrogens is 270 g/mol. The number of H-pyrrole nitrogens is 1. The molecule has 2 aromatic heterocycles. The van der Waals surface area contributed by atoms with Crippen molar-refractivity contribution in [2.45, 2.75) is 13.8 Å². The van der Waals surface area contributed by atoms with E-state index in [1.807, 2.05) is 13.0 Å². The summed E-state index contributed by atoms with van der Waals surface area (Å²) in [7, 11) is 0. The number of nitrogens with one attached hydrogen (secondary N) is 2. The minimum atomic E-state index is -0.391. The summed E-state index contributed by atoms with van der Waals surface area (Å²) in [6.07, 6.45) is 1.40. The van der Waals surface area contributed by atoms with E-state index in [-0.39, 0.29) is 11.3 Å². The number of carbonyl (C=O) groups is 1. The highest BCUT2D eigenvalue weighted by atomic mass is 16.5. The molecular formula is C15H13N3O3. The second-order valence-electron chi connectivity index (χ2n) is 4.80. The maximum Gasteiger partial charge on any atom is 0.294 e. The lowest BCUT2D eigenvalue weighted by Crippen LogP contribution is -2.13. The van der Waals surface area contributed by atoms with E-state index in [0.717, 1.165) is 10.9 Å². The van der Waals surface area contributed by atoms with Crippen molar-refractivity contribution in [3.63, 3.8) is 0 Å². The molecule has 0 aliphatic carbocycles. The summed E-state index contributed by atoms with van der Waals surface area (Å²) in [5.41, 5.74) is 2.75. The lowest BCUT2D eigenvalue weighted by atomic mass is 10.1. The number of pyridine rings is 1. The quantitative estimate of drug-likeness (QED) is 0.755. The van der Waals surface area contributed by atoms with Gasteiger partial charge in [-0.25, -0.2) is 0 Å². The van der Waals surface area contributed by atoms with Gasteiger partial charge < -0.3 is 14.8 Å². The van der Waals surface area contributed by atoms with Gasteiger partial charge in [0.1, 0.15) is 0 Å². The van der Waals surface area contributed by atoms with Crippen LogP contribution in [0.5, 0.6) is 0 Å². The van der Waals surface area contributed by atoms with Crippen molar-refractivity contribution >= 4 is 22.5 Å². The number of rotatable bonds is 2. The molecule has 0 aliphatic rings. The number of aromatic nitrogens is 2. The van der Waals surface area contributed by atoms with Crippen molar-refractivity contribution < 1.29 is 9.32 Å². The Morgan fingerprint density at radius 1 is 1.24 bits per heavy atom. The number of hydrogen-bond donors (Lipinski definition) is 2. The van der Waals surface area contributed by atoms with Crippen LogP contribution in [0.3, 0.4) is 0 Å². The Labute approximate surface area is 119 Å². The molecule has 0 radical (unpaired) electrons. The van der Waals surface area contributed by atoms with E-state index < -0.39 is 5.91 Å². The molecule has 6 nitrogen and oxygen atoms in total. The van der Waals surface area contributed by atoms with E-state index in [9.17, 15) is 9.59 Å². The third-order valence-electron chi connectivity index (χ3n) is 3.49. The van der Waals surface area contributed by atoms with Gasteiger partial charge in [0.25, 0.3) is 11.5 Å². The van der Waals surface area contributed by atoms with Crippen LogP contribution in [0.25, 0.3) is 10.9 Å². The van der Waals surface area contributed by atoms with Crippen molar-refractivity contribution in [3.05, 3.63) is 57.7 Å². The Balaban J connectivity index is 2.00. The summed E-state index contributed by atoms with van der Waals surface area (Å²) in [5, 5.41) is 7.13. The minimum Gasteiger partial charge on any atom is -0.351 e. The number of nitrogens with zero attached hydrogens (tertiary/aromatic N) is 1. The molecule has 0 aliphatic heterocycles. The fourth-order valence-corrected chi connectivity index (χ4v) is 2.17. The zero-order chi connectivity index (χ0) is 15.0. The molecule has 0 saturated carbocycles. The maximum atomic E-state index is 11.9. The van der Waals surface area contributed by atoms with E-state index in [1.54, 1.807) is 19.1 Å². The van der Waals surface area contributed by atoms with Gasteiger partial charge in [0, 0.05) is 22.7 Å². The van der Waals surface area contributed by atoms with Crippen LogP contribution >= 0.6 is 0 Å². The second-order valence-corrected chi connectivity index (χ2v) is 4.80. The monoisotopic (exact) mass is 283 g/mol. The first kappa shape index (κ1) is 13.1. The number of amides is 1.